The number of carboxylic acid groups (broad SMARTS) is 1. The van der Waals surface area contributed by atoms with Crippen molar-refractivity contribution < 1.29 is 19.5 Å². The third-order valence-electron chi connectivity index (χ3n) is 5.84. The largest absolute Gasteiger partial charge is 0.478 e. The number of nitrogens with one attached hydrogen (secondary N) is 2. The molecule has 0 unspecified atom stereocenters. The molecule has 2 aliphatic rings. The first-order valence-corrected chi connectivity index (χ1v) is 10.7. The standard InChI is InChI=1S/C23H30N2O4/c26-21(24-18-7-3-1-4-8-18)20(22(27)25-19-9-5-2-6-10-19)15-16-11-13-17(14-12-16)23(28)29/h11-15,18-19H,1-10H2,(H,24,26)(H,25,27)(H,28,29). The van der Waals surface area contributed by atoms with E-state index in [1.807, 2.05) is 0 Å². The van der Waals surface area contributed by atoms with E-state index in [1.54, 1.807) is 18.2 Å². The fraction of sp³-hybridized carbons (Fsp3) is 0.522. The Morgan fingerprint density at radius 1 is 0.759 bits per heavy atom. The summed E-state index contributed by atoms with van der Waals surface area (Å²) in [5.74, 6) is -1.72. The molecule has 0 aliphatic heterocycles. The van der Waals surface area contributed by atoms with Gasteiger partial charge in [0.15, 0.2) is 0 Å². The summed E-state index contributed by atoms with van der Waals surface area (Å²) in [6.45, 7) is 0. The molecule has 6 heteroatoms. The molecule has 2 saturated carbocycles. The van der Waals surface area contributed by atoms with Crippen molar-refractivity contribution in [2.75, 3.05) is 0 Å². The average Bonchev–Trinajstić information content (AvgIpc) is 2.73. The molecule has 0 bridgehead atoms. The van der Waals surface area contributed by atoms with E-state index in [1.165, 1.54) is 25.0 Å². The molecule has 0 saturated heterocycles. The van der Waals surface area contributed by atoms with Gasteiger partial charge in [-0.15, -0.1) is 0 Å². The van der Waals surface area contributed by atoms with E-state index >= 15 is 0 Å². The topological polar surface area (TPSA) is 95.5 Å². The summed E-state index contributed by atoms with van der Waals surface area (Å²) in [6, 6.07) is 6.40. The van der Waals surface area contributed by atoms with Crippen LogP contribution in [0.4, 0.5) is 0 Å². The van der Waals surface area contributed by atoms with Crippen LogP contribution in [0.2, 0.25) is 0 Å². The molecule has 3 N–H and O–H groups in total. The van der Waals surface area contributed by atoms with Gasteiger partial charge in [-0.1, -0.05) is 50.7 Å². The van der Waals surface area contributed by atoms with Crippen LogP contribution in [0.1, 0.15) is 80.1 Å². The smallest absolute Gasteiger partial charge is 0.335 e. The van der Waals surface area contributed by atoms with Crippen LogP contribution >= 0.6 is 0 Å². The first-order chi connectivity index (χ1) is 14.0. The number of hydrogen-bond acceptors (Lipinski definition) is 3. The fourth-order valence-corrected chi connectivity index (χ4v) is 4.14. The van der Waals surface area contributed by atoms with Crippen molar-refractivity contribution in [3.05, 3.63) is 41.0 Å². The van der Waals surface area contributed by atoms with Gasteiger partial charge in [0.1, 0.15) is 5.57 Å². The second-order valence-electron chi connectivity index (χ2n) is 8.10. The van der Waals surface area contributed by atoms with E-state index in [0.717, 1.165) is 51.4 Å². The molecule has 1 aromatic rings. The first-order valence-electron chi connectivity index (χ1n) is 10.7. The molecule has 0 radical (unpaired) electrons. The highest BCUT2D eigenvalue weighted by atomic mass is 16.4. The van der Waals surface area contributed by atoms with Gasteiger partial charge in [-0.2, -0.15) is 0 Å². The Bertz CT molecular complexity index is 724. The first kappa shape index (κ1) is 21.1. The van der Waals surface area contributed by atoms with Crippen molar-refractivity contribution >= 4 is 23.9 Å². The predicted molar refractivity (Wildman–Crippen MR) is 111 cm³/mol. The summed E-state index contributed by atoms with van der Waals surface area (Å²) in [4.78, 5) is 36.9. The third-order valence-corrected chi connectivity index (χ3v) is 5.84. The molecule has 0 atom stereocenters. The molecule has 0 heterocycles. The third kappa shape index (κ3) is 6.17. The van der Waals surface area contributed by atoms with Crippen LogP contribution in [0.15, 0.2) is 29.8 Å². The number of carbonyl (C=O) groups is 3. The van der Waals surface area contributed by atoms with Crippen molar-refractivity contribution in [2.24, 2.45) is 0 Å². The minimum absolute atomic E-state index is 0.0872. The van der Waals surface area contributed by atoms with Crippen molar-refractivity contribution in [3.8, 4) is 0 Å². The predicted octanol–water partition coefficient (Wildman–Crippen LogP) is 3.67. The van der Waals surface area contributed by atoms with E-state index < -0.39 is 5.97 Å². The van der Waals surface area contributed by atoms with Gasteiger partial charge >= 0.3 is 5.97 Å². The van der Waals surface area contributed by atoms with Crippen molar-refractivity contribution in [1.82, 2.24) is 10.6 Å². The van der Waals surface area contributed by atoms with Crippen molar-refractivity contribution in [2.45, 2.75) is 76.3 Å². The van der Waals surface area contributed by atoms with Crippen LogP contribution in [-0.2, 0) is 9.59 Å². The molecule has 2 amide bonds. The zero-order valence-electron chi connectivity index (χ0n) is 16.8. The summed E-state index contributed by atoms with van der Waals surface area (Å²) < 4.78 is 0. The van der Waals surface area contributed by atoms with Crippen molar-refractivity contribution in [1.29, 1.82) is 0 Å². The van der Waals surface area contributed by atoms with Gasteiger partial charge in [0, 0.05) is 12.1 Å². The molecule has 2 aliphatic carbocycles. The van der Waals surface area contributed by atoms with Gasteiger partial charge in [0.25, 0.3) is 11.8 Å². The van der Waals surface area contributed by atoms with E-state index in [2.05, 4.69) is 10.6 Å². The maximum Gasteiger partial charge on any atom is 0.335 e. The minimum Gasteiger partial charge on any atom is -0.478 e. The van der Waals surface area contributed by atoms with Crippen LogP contribution in [0.25, 0.3) is 6.08 Å². The summed E-state index contributed by atoms with van der Waals surface area (Å²) in [5, 5.41) is 15.1. The van der Waals surface area contributed by atoms with Gasteiger partial charge in [-0.3, -0.25) is 9.59 Å². The number of benzene rings is 1. The van der Waals surface area contributed by atoms with Gasteiger partial charge in [0.2, 0.25) is 0 Å². The highest BCUT2D eigenvalue weighted by molar-refractivity contribution is 6.21. The number of amides is 2. The van der Waals surface area contributed by atoms with E-state index in [9.17, 15) is 14.4 Å². The van der Waals surface area contributed by atoms with Gasteiger partial charge < -0.3 is 15.7 Å². The lowest BCUT2D eigenvalue weighted by molar-refractivity contribution is -0.124. The van der Waals surface area contributed by atoms with Crippen molar-refractivity contribution in [3.63, 3.8) is 0 Å². The summed E-state index contributed by atoms with van der Waals surface area (Å²) in [5.41, 5.74) is 0.883. The normalized spacial score (nSPS) is 17.9. The molecule has 0 spiro atoms. The lowest BCUT2D eigenvalue weighted by Gasteiger charge is -2.25. The second kappa shape index (κ2) is 10.2. The Labute approximate surface area is 171 Å². The molecular formula is C23H30N2O4. The summed E-state index contributed by atoms with van der Waals surface area (Å²) >= 11 is 0. The quantitative estimate of drug-likeness (QED) is 0.387. The summed E-state index contributed by atoms with van der Waals surface area (Å²) in [6.07, 6.45) is 12.1. The Balaban J connectivity index is 1.77. The molecule has 3 rings (SSSR count). The average molecular weight is 399 g/mol. The van der Waals surface area contributed by atoms with Crippen LogP contribution < -0.4 is 10.6 Å². The number of carbonyl (C=O) groups excluding carboxylic acids is 2. The van der Waals surface area contributed by atoms with Crippen LogP contribution in [-0.4, -0.2) is 35.0 Å². The molecule has 1 aromatic carbocycles. The maximum absolute atomic E-state index is 12.9. The zero-order chi connectivity index (χ0) is 20.6. The van der Waals surface area contributed by atoms with Crippen LogP contribution in [0.5, 0.6) is 0 Å². The lowest BCUT2D eigenvalue weighted by Crippen LogP contribution is -2.43. The highest BCUT2D eigenvalue weighted by Gasteiger charge is 2.25. The Morgan fingerprint density at radius 2 is 1.21 bits per heavy atom. The molecule has 0 aromatic heterocycles. The molecule has 156 valence electrons. The van der Waals surface area contributed by atoms with Crippen LogP contribution in [0.3, 0.4) is 0 Å². The second-order valence-corrected chi connectivity index (χ2v) is 8.10. The molecule has 6 nitrogen and oxygen atoms in total. The molecular weight excluding hydrogens is 368 g/mol. The van der Waals surface area contributed by atoms with E-state index in [4.69, 9.17) is 5.11 Å². The van der Waals surface area contributed by atoms with E-state index in [0.29, 0.717) is 5.56 Å². The highest BCUT2D eigenvalue weighted by Crippen LogP contribution is 2.20. The van der Waals surface area contributed by atoms with Gasteiger partial charge in [-0.25, -0.2) is 4.79 Å². The molecule has 29 heavy (non-hydrogen) atoms. The Hall–Kier alpha value is -2.63. The SMILES string of the molecule is O=C(NC1CCCCC1)C(=Cc1ccc(C(=O)O)cc1)C(=O)NC1CCCCC1. The van der Waals surface area contributed by atoms with Crippen LogP contribution in [0, 0.1) is 0 Å². The lowest BCUT2D eigenvalue weighted by atomic mass is 9.94. The fourth-order valence-electron chi connectivity index (χ4n) is 4.14. The zero-order valence-corrected chi connectivity index (χ0v) is 16.8. The number of aromatic carboxylic acids is 1. The Morgan fingerprint density at radius 3 is 1.62 bits per heavy atom. The summed E-state index contributed by atoms with van der Waals surface area (Å²) in [7, 11) is 0. The van der Waals surface area contributed by atoms with Gasteiger partial charge in [-0.05, 0) is 49.5 Å². The maximum atomic E-state index is 12.9. The van der Waals surface area contributed by atoms with E-state index in [-0.39, 0.29) is 35.0 Å². The molecule has 2 fully saturated rings. The Kier molecular flexibility index (Phi) is 7.44. The monoisotopic (exact) mass is 398 g/mol. The number of carboxylic acids is 1. The number of rotatable bonds is 6. The minimum atomic E-state index is -1.01. The number of hydrogen-bond donors (Lipinski definition) is 3. The van der Waals surface area contributed by atoms with Gasteiger partial charge in [0.05, 0.1) is 5.56 Å².